The molecule has 0 spiro atoms. The minimum atomic E-state index is -0.200. The fraction of sp³-hybridized carbons (Fsp3) is 0.273. The smallest absolute Gasteiger partial charge is 0.261 e. The van der Waals surface area contributed by atoms with Crippen LogP contribution in [0.4, 0.5) is 0 Å². The zero-order valence-electron chi connectivity index (χ0n) is 15.9. The van der Waals surface area contributed by atoms with Crippen LogP contribution in [0.25, 0.3) is 20.2 Å². The van der Waals surface area contributed by atoms with Gasteiger partial charge in [-0.05, 0) is 42.7 Å². The summed E-state index contributed by atoms with van der Waals surface area (Å²) in [7, 11) is 1.56. The average Bonchev–Trinajstić information content (AvgIpc) is 3.31. The quantitative estimate of drug-likeness (QED) is 0.503. The molecule has 0 atom stereocenters. The van der Waals surface area contributed by atoms with Crippen molar-refractivity contribution in [3.05, 3.63) is 57.0 Å². The first-order valence-electron chi connectivity index (χ1n) is 8.93. The third kappa shape index (κ3) is 2.01. The van der Waals surface area contributed by atoms with E-state index in [1.807, 2.05) is 30.4 Å². The van der Waals surface area contributed by atoms with E-state index in [0.29, 0.717) is 11.1 Å². The molecule has 1 aliphatic heterocycles. The van der Waals surface area contributed by atoms with Crippen LogP contribution in [0.15, 0.2) is 24.3 Å². The van der Waals surface area contributed by atoms with Crippen LogP contribution in [0.3, 0.4) is 0 Å². The lowest BCUT2D eigenvalue weighted by atomic mass is 9.83. The Morgan fingerprint density at radius 3 is 2.26 bits per heavy atom. The van der Waals surface area contributed by atoms with Crippen molar-refractivity contribution in [1.82, 2.24) is 4.90 Å². The van der Waals surface area contributed by atoms with Crippen molar-refractivity contribution in [1.29, 1.82) is 0 Å². The standard InChI is InChI=1S/C22H19NO2S2/c1-10-6-7-12(17-16(10)20(24)23(5)21(17)25)15-9-14-19(27-15)18-13(22(14,3)4)8-11(2)26-18/h6-9H,1-5H3. The van der Waals surface area contributed by atoms with Crippen molar-refractivity contribution in [2.45, 2.75) is 33.1 Å². The van der Waals surface area contributed by atoms with E-state index in [1.54, 1.807) is 18.4 Å². The number of carbonyl (C=O) groups is 2. The van der Waals surface area contributed by atoms with Gasteiger partial charge >= 0.3 is 0 Å². The molecule has 136 valence electrons. The van der Waals surface area contributed by atoms with Crippen LogP contribution < -0.4 is 0 Å². The number of thiophene rings is 2. The summed E-state index contributed by atoms with van der Waals surface area (Å²) in [5, 5.41) is 0. The third-order valence-corrected chi connectivity index (χ3v) is 8.24. The molecule has 5 rings (SSSR count). The molecule has 0 unspecified atom stereocenters. The highest BCUT2D eigenvalue weighted by Gasteiger charge is 2.41. The van der Waals surface area contributed by atoms with Crippen LogP contribution in [0.2, 0.25) is 0 Å². The van der Waals surface area contributed by atoms with Crippen molar-refractivity contribution < 1.29 is 9.59 Å². The van der Waals surface area contributed by atoms with Crippen LogP contribution >= 0.6 is 22.7 Å². The fourth-order valence-corrected chi connectivity index (χ4v) is 6.97. The van der Waals surface area contributed by atoms with Gasteiger partial charge in [0.2, 0.25) is 0 Å². The first-order chi connectivity index (χ1) is 12.7. The second kappa shape index (κ2) is 5.18. The van der Waals surface area contributed by atoms with E-state index in [0.717, 1.165) is 16.0 Å². The van der Waals surface area contributed by atoms with Gasteiger partial charge in [0.15, 0.2) is 0 Å². The molecule has 2 amide bonds. The number of carbonyl (C=O) groups excluding carboxylic acids is 2. The molecule has 0 radical (unpaired) electrons. The molecule has 0 fully saturated rings. The molecule has 1 aromatic carbocycles. The second-order valence-corrected chi connectivity index (χ2v) is 10.2. The minimum Gasteiger partial charge on any atom is -0.277 e. The predicted octanol–water partition coefficient (Wildman–Crippen LogP) is 5.63. The minimum absolute atomic E-state index is 0.0331. The topological polar surface area (TPSA) is 37.4 Å². The number of hydrogen-bond donors (Lipinski definition) is 0. The van der Waals surface area contributed by atoms with Crippen molar-refractivity contribution in [3.63, 3.8) is 0 Å². The number of fused-ring (bicyclic) bond motifs is 4. The number of rotatable bonds is 1. The number of hydrogen-bond acceptors (Lipinski definition) is 4. The Balaban J connectivity index is 1.76. The van der Waals surface area contributed by atoms with Crippen molar-refractivity contribution in [3.8, 4) is 20.2 Å². The van der Waals surface area contributed by atoms with Crippen molar-refractivity contribution in [2.75, 3.05) is 7.05 Å². The molecule has 27 heavy (non-hydrogen) atoms. The summed E-state index contributed by atoms with van der Waals surface area (Å²) in [6, 6.07) is 8.47. The summed E-state index contributed by atoms with van der Waals surface area (Å²) >= 11 is 3.58. The molecule has 0 bridgehead atoms. The van der Waals surface area contributed by atoms with E-state index in [2.05, 4.69) is 32.9 Å². The summed E-state index contributed by atoms with van der Waals surface area (Å²) in [4.78, 5) is 31.6. The molecule has 0 saturated heterocycles. The molecule has 0 saturated carbocycles. The monoisotopic (exact) mass is 393 g/mol. The lowest BCUT2D eigenvalue weighted by Crippen LogP contribution is -2.24. The first-order valence-corrected chi connectivity index (χ1v) is 10.6. The van der Waals surface area contributed by atoms with E-state index in [1.165, 1.54) is 30.7 Å². The maximum absolute atomic E-state index is 12.8. The van der Waals surface area contributed by atoms with Crippen LogP contribution in [-0.2, 0) is 5.41 Å². The Labute approximate surface area is 166 Å². The molecule has 0 N–H and O–H groups in total. The highest BCUT2D eigenvalue weighted by atomic mass is 32.1. The molecule has 3 heterocycles. The normalized spacial score (nSPS) is 16.7. The van der Waals surface area contributed by atoms with Gasteiger partial charge in [-0.3, -0.25) is 14.5 Å². The van der Waals surface area contributed by atoms with Gasteiger partial charge in [-0.25, -0.2) is 0 Å². The Bertz CT molecular complexity index is 1180. The highest BCUT2D eigenvalue weighted by molar-refractivity contribution is 7.24. The van der Waals surface area contributed by atoms with E-state index in [9.17, 15) is 9.59 Å². The number of nitrogens with zero attached hydrogens (tertiary/aromatic N) is 1. The van der Waals surface area contributed by atoms with Crippen LogP contribution in [0.5, 0.6) is 0 Å². The Hall–Kier alpha value is -2.24. The zero-order chi connectivity index (χ0) is 19.2. The van der Waals surface area contributed by atoms with Gasteiger partial charge in [-0.2, -0.15) is 0 Å². The summed E-state index contributed by atoms with van der Waals surface area (Å²) in [6.45, 7) is 8.58. The second-order valence-electron chi connectivity index (χ2n) is 7.93. The number of benzene rings is 1. The molecule has 2 aliphatic rings. The molecule has 5 heteroatoms. The Kier molecular flexibility index (Phi) is 3.24. The lowest BCUT2D eigenvalue weighted by Gasteiger charge is -2.19. The van der Waals surface area contributed by atoms with Crippen LogP contribution in [0.1, 0.15) is 56.1 Å². The SMILES string of the molecule is Cc1cc2c(s1)-c1sc(-c3ccc(C)c4c3C(=O)N(C)C4=O)cc1C2(C)C. The van der Waals surface area contributed by atoms with E-state index < -0.39 is 0 Å². The summed E-state index contributed by atoms with van der Waals surface area (Å²) in [5.74, 6) is -0.399. The van der Waals surface area contributed by atoms with Crippen molar-refractivity contribution in [2.24, 2.45) is 0 Å². The number of imide groups is 1. The molecule has 3 aromatic rings. The maximum Gasteiger partial charge on any atom is 0.261 e. The van der Waals surface area contributed by atoms with E-state index in [4.69, 9.17) is 0 Å². The van der Waals surface area contributed by atoms with Gasteiger partial charge in [0.1, 0.15) is 0 Å². The summed E-state index contributed by atoms with van der Waals surface area (Å²) in [5.41, 5.74) is 5.54. The maximum atomic E-state index is 12.8. The molecule has 3 nitrogen and oxygen atoms in total. The number of amides is 2. The summed E-state index contributed by atoms with van der Waals surface area (Å²) in [6.07, 6.45) is 0. The molecule has 2 aromatic heterocycles. The van der Waals surface area contributed by atoms with Gasteiger partial charge < -0.3 is 0 Å². The van der Waals surface area contributed by atoms with Gasteiger partial charge in [0.25, 0.3) is 11.8 Å². The predicted molar refractivity (Wildman–Crippen MR) is 111 cm³/mol. The third-order valence-electron chi connectivity index (χ3n) is 5.86. The fourth-order valence-electron chi connectivity index (χ4n) is 4.29. The molecular weight excluding hydrogens is 374 g/mol. The van der Waals surface area contributed by atoms with Gasteiger partial charge in [0, 0.05) is 37.5 Å². The van der Waals surface area contributed by atoms with E-state index in [-0.39, 0.29) is 17.2 Å². The number of aryl methyl sites for hydroxylation is 2. The largest absolute Gasteiger partial charge is 0.277 e. The van der Waals surface area contributed by atoms with E-state index >= 15 is 0 Å². The Morgan fingerprint density at radius 1 is 0.889 bits per heavy atom. The summed E-state index contributed by atoms with van der Waals surface area (Å²) < 4.78 is 0. The van der Waals surface area contributed by atoms with Gasteiger partial charge in [0.05, 0.1) is 11.1 Å². The van der Waals surface area contributed by atoms with Gasteiger partial charge in [-0.1, -0.05) is 26.0 Å². The average molecular weight is 394 g/mol. The molecular formula is C22H19NO2S2. The highest BCUT2D eigenvalue weighted by Crippen LogP contribution is 2.57. The van der Waals surface area contributed by atoms with Gasteiger partial charge in [-0.15, -0.1) is 22.7 Å². The first kappa shape index (κ1) is 16.9. The lowest BCUT2D eigenvalue weighted by molar-refractivity contribution is 0.0693. The van der Waals surface area contributed by atoms with Crippen LogP contribution in [-0.4, -0.2) is 23.8 Å². The van der Waals surface area contributed by atoms with Crippen LogP contribution in [0, 0.1) is 13.8 Å². The van der Waals surface area contributed by atoms with Crippen molar-refractivity contribution >= 4 is 34.5 Å². The zero-order valence-corrected chi connectivity index (χ0v) is 17.5. The molecule has 1 aliphatic carbocycles. The Morgan fingerprint density at radius 2 is 1.52 bits per heavy atom.